The Morgan fingerprint density at radius 3 is 2.47 bits per heavy atom. The zero-order chi connectivity index (χ0) is 28.1. The van der Waals surface area contributed by atoms with Crippen LogP contribution >= 0.6 is 0 Å². The van der Waals surface area contributed by atoms with Gasteiger partial charge >= 0.3 is 0 Å². The molecule has 2 amide bonds. The van der Waals surface area contributed by atoms with Gasteiger partial charge in [-0.2, -0.15) is 0 Å². The van der Waals surface area contributed by atoms with Gasteiger partial charge in [0.2, 0.25) is 5.91 Å². The summed E-state index contributed by atoms with van der Waals surface area (Å²) < 4.78 is 40.0. The maximum atomic E-state index is 13.8. The molecule has 38 heavy (non-hydrogen) atoms. The summed E-state index contributed by atoms with van der Waals surface area (Å²) in [5.74, 6) is -0.0707. The molecule has 0 saturated carbocycles. The molecule has 0 aliphatic heterocycles. The predicted molar refractivity (Wildman–Crippen MR) is 148 cm³/mol. The lowest BCUT2D eigenvalue weighted by Gasteiger charge is -2.17. The van der Waals surface area contributed by atoms with Gasteiger partial charge in [-0.15, -0.1) is 0 Å². The number of alkyl halides is 2. The van der Waals surface area contributed by atoms with Crippen LogP contribution in [0.3, 0.4) is 0 Å². The van der Waals surface area contributed by atoms with Gasteiger partial charge in [-0.1, -0.05) is 37.6 Å². The van der Waals surface area contributed by atoms with Gasteiger partial charge in [0, 0.05) is 53.9 Å². The van der Waals surface area contributed by atoms with Crippen molar-refractivity contribution in [1.29, 1.82) is 0 Å². The lowest BCUT2D eigenvalue weighted by Crippen LogP contribution is -2.35. The largest absolute Gasteiger partial charge is 0.353 e. The number of nitrogens with two attached hydrogens (primary N) is 1. The highest BCUT2D eigenvalue weighted by atomic mass is 32.2. The van der Waals surface area contributed by atoms with Crippen LogP contribution < -0.4 is 21.7 Å². The van der Waals surface area contributed by atoms with Gasteiger partial charge < -0.3 is 21.7 Å². The summed E-state index contributed by atoms with van der Waals surface area (Å²) in [5, 5.41) is 8.91. The molecule has 2 aromatic rings. The molecule has 0 fully saturated rings. The van der Waals surface area contributed by atoms with Crippen LogP contribution in [0.4, 0.5) is 8.78 Å². The highest BCUT2D eigenvalue weighted by molar-refractivity contribution is 7.85. The number of carbonyl (C=O) groups excluding carboxylic acids is 2. The zero-order valence-corrected chi connectivity index (χ0v) is 23.3. The molecular weight excluding hydrogens is 510 g/mol. The van der Waals surface area contributed by atoms with Crippen molar-refractivity contribution in [3.05, 3.63) is 64.2 Å². The molecular formula is C28H40F2N4O3S. The van der Waals surface area contributed by atoms with E-state index in [1.807, 2.05) is 32.9 Å². The summed E-state index contributed by atoms with van der Waals surface area (Å²) in [4.78, 5) is 25.2. The minimum atomic E-state index is -2.72. The Labute approximate surface area is 226 Å². The number of rotatable bonds is 16. The topological polar surface area (TPSA) is 113 Å². The summed E-state index contributed by atoms with van der Waals surface area (Å²) in [7, 11) is -1.18. The van der Waals surface area contributed by atoms with Crippen LogP contribution in [0.25, 0.3) is 0 Å². The molecule has 0 spiro atoms. The third-order valence-corrected chi connectivity index (χ3v) is 7.67. The van der Waals surface area contributed by atoms with Gasteiger partial charge in [0.25, 0.3) is 12.3 Å². The highest BCUT2D eigenvalue weighted by Gasteiger charge is 2.17. The van der Waals surface area contributed by atoms with E-state index in [1.165, 1.54) is 6.07 Å². The van der Waals surface area contributed by atoms with Crippen molar-refractivity contribution in [1.82, 2.24) is 16.0 Å². The van der Waals surface area contributed by atoms with Gasteiger partial charge in [0.05, 0.1) is 10.8 Å². The van der Waals surface area contributed by atoms with Crippen LogP contribution in [-0.2, 0) is 28.7 Å². The van der Waals surface area contributed by atoms with Crippen LogP contribution in [0.5, 0.6) is 0 Å². The fraction of sp³-hybridized carbons (Fsp3) is 0.500. The molecule has 2 atom stereocenters. The molecule has 5 N–H and O–H groups in total. The monoisotopic (exact) mass is 550 g/mol. The first kappa shape index (κ1) is 31.5. The number of halogens is 2. The van der Waals surface area contributed by atoms with Crippen LogP contribution in [-0.4, -0.2) is 40.9 Å². The normalized spacial score (nSPS) is 12.8. The number of benzene rings is 2. The van der Waals surface area contributed by atoms with Gasteiger partial charge in [-0.05, 0) is 62.1 Å². The average molecular weight is 551 g/mol. The second-order valence-electron chi connectivity index (χ2n) is 9.17. The van der Waals surface area contributed by atoms with E-state index in [-0.39, 0.29) is 36.2 Å². The molecule has 2 aromatic carbocycles. The van der Waals surface area contributed by atoms with Crippen LogP contribution in [0, 0.1) is 6.92 Å². The predicted octanol–water partition coefficient (Wildman–Crippen LogP) is 4.10. The summed E-state index contributed by atoms with van der Waals surface area (Å²) in [6.07, 6.45) is -0.0783. The maximum Gasteiger partial charge on any atom is 0.264 e. The fourth-order valence-corrected chi connectivity index (χ4v) is 5.06. The Morgan fingerprint density at radius 2 is 1.82 bits per heavy atom. The first-order valence-corrected chi connectivity index (χ1v) is 14.4. The molecule has 1 unspecified atom stereocenters. The van der Waals surface area contributed by atoms with E-state index in [4.69, 9.17) is 5.73 Å². The van der Waals surface area contributed by atoms with Crippen molar-refractivity contribution < 1.29 is 22.6 Å². The lowest BCUT2D eigenvalue weighted by molar-refractivity contribution is -0.121. The second kappa shape index (κ2) is 16.3. The molecule has 2 rings (SSSR count). The second-order valence-corrected chi connectivity index (χ2v) is 10.9. The minimum absolute atomic E-state index is 0.0584. The van der Waals surface area contributed by atoms with Crippen molar-refractivity contribution in [2.24, 2.45) is 5.73 Å². The standard InChI is InChI=1S/C28H40F2N4O3S/c1-4-23(34-26(35)12-13-31)7-6-14-32-17-21-10-9-20(16-24(21)27(29)30)28(36)33-18-22-15-19(3)8-11-25(22)38(37)5-2/h8-11,15-16,23,27,32H,4-7,12-14,17-18,31H2,1-3H3,(H,33,36)(H,34,35)/t23-,38?/m1/s1. The molecule has 0 aliphatic rings. The average Bonchev–Trinajstić information content (AvgIpc) is 2.90. The van der Waals surface area contributed by atoms with Gasteiger partial charge in [-0.25, -0.2) is 8.78 Å². The van der Waals surface area contributed by atoms with E-state index in [2.05, 4.69) is 16.0 Å². The smallest absolute Gasteiger partial charge is 0.264 e. The third kappa shape index (κ3) is 9.89. The van der Waals surface area contributed by atoms with Crippen molar-refractivity contribution >= 4 is 22.6 Å². The van der Waals surface area contributed by atoms with Gasteiger partial charge in [-0.3, -0.25) is 13.8 Å². The summed E-state index contributed by atoms with van der Waals surface area (Å²) in [6, 6.07) is 9.93. The van der Waals surface area contributed by atoms with E-state index in [9.17, 15) is 22.6 Å². The fourth-order valence-electron chi connectivity index (χ4n) is 4.11. The molecule has 0 radical (unpaired) electrons. The Kier molecular flexibility index (Phi) is 13.5. The van der Waals surface area contributed by atoms with Crippen molar-refractivity contribution in [2.45, 2.75) is 76.9 Å². The van der Waals surface area contributed by atoms with E-state index in [0.29, 0.717) is 35.7 Å². The number of hydrogen-bond donors (Lipinski definition) is 4. The van der Waals surface area contributed by atoms with Crippen molar-refractivity contribution in [3.63, 3.8) is 0 Å². The summed E-state index contributed by atoms with van der Waals surface area (Å²) in [5.41, 5.74) is 7.52. The lowest BCUT2D eigenvalue weighted by atomic mass is 10.0. The van der Waals surface area contributed by atoms with Gasteiger partial charge in [0.1, 0.15) is 0 Å². The SMILES string of the molecule is CC[C@H](CCCNCc1ccc(C(=O)NCc2cc(C)ccc2S(=O)CC)cc1C(F)F)NC(=O)CCN. The Bertz CT molecular complexity index is 1100. The zero-order valence-electron chi connectivity index (χ0n) is 22.4. The van der Waals surface area contributed by atoms with E-state index < -0.39 is 23.1 Å². The van der Waals surface area contributed by atoms with Gasteiger partial charge in [0.15, 0.2) is 0 Å². The number of carbonyl (C=O) groups is 2. The van der Waals surface area contributed by atoms with Crippen LogP contribution in [0.2, 0.25) is 0 Å². The molecule has 0 saturated heterocycles. The van der Waals surface area contributed by atoms with Crippen LogP contribution in [0.15, 0.2) is 41.3 Å². The first-order chi connectivity index (χ1) is 18.2. The van der Waals surface area contributed by atoms with E-state index >= 15 is 0 Å². The Morgan fingerprint density at radius 1 is 1.05 bits per heavy atom. The Hall–Kier alpha value is -2.69. The van der Waals surface area contributed by atoms with E-state index in [0.717, 1.165) is 30.4 Å². The molecule has 210 valence electrons. The number of nitrogens with one attached hydrogen (secondary N) is 3. The summed E-state index contributed by atoms with van der Waals surface area (Å²) >= 11 is 0. The highest BCUT2D eigenvalue weighted by Crippen LogP contribution is 2.25. The number of aryl methyl sites for hydroxylation is 1. The maximum absolute atomic E-state index is 13.8. The summed E-state index contributed by atoms with van der Waals surface area (Å²) in [6.45, 7) is 7.05. The molecule has 0 bridgehead atoms. The molecule has 7 nitrogen and oxygen atoms in total. The Balaban J connectivity index is 1.95. The minimum Gasteiger partial charge on any atom is -0.353 e. The van der Waals surface area contributed by atoms with E-state index in [1.54, 1.807) is 18.2 Å². The molecule has 0 aromatic heterocycles. The number of hydrogen-bond acceptors (Lipinski definition) is 5. The molecule has 0 aliphatic carbocycles. The van der Waals surface area contributed by atoms with Crippen molar-refractivity contribution in [2.75, 3.05) is 18.8 Å². The van der Waals surface area contributed by atoms with Crippen molar-refractivity contribution in [3.8, 4) is 0 Å². The molecule has 0 heterocycles. The first-order valence-electron chi connectivity index (χ1n) is 13.1. The van der Waals surface area contributed by atoms with Crippen LogP contribution in [0.1, 0.15) is 78.6 Å². The third-order valence-electron chi connectivity index (χ3n) is 6.26. The quantitative estimate of drug-likeness (QED) is 0.235. The molecule has 10 heteroatoms. The number of amides is 2.